The molecule has 5 unspecified atom stereocenters. The van der Waals surface area contributed by atoms with Crippen LogP contribution in [0.2, 0.25) is 0 Å². The maximum atomic E-state index is 12.8. The van der Waals surface area contributed by atoms with Crippen molar-refractivity contribution in [3.8, 4) is 5.75 Å². The Morgan fingerprint density at radius 2 is 1.52 bits per heavy atom. The third-order valence-corrected chi connectivity index (χ3v) is 4.95. The Morgan fingerprint density at radius 3 is 2.00 bits per heavy atom. The lowest BCUT2D eigenvalue weighted by Crippen LogP contribution is -2.57. The van der Waals surface area contributed by atoms with Crippen LogP contribution in [0.5, 0.6) is 5.75 Å². The van der Waals surface area contributed by atoms with Crippen LogP contribution in [-0.2, 0) is 25.6 Å². The molecule has 0 fully saturated rings. The van der Waals surface area contributed by atoms with Gasteiger partial charge in [-0.25, -0.2) is 4.79 Å². The predicted molar refractivity (Wildman–Crippen MR) is 114 cm³/mol. The van der Waals surface area contributed by atoms with E-state index >= 15 is 0 Å². The molecular formula is C21H32N4O6. The first-order chi connectivity index (χ1) is 14.5. The van der Waals surface area contributed by atoms with Gasteiger partial charge in [0.25, 0.3) is 0 Å². The predicted octanol–water partition coefficient (Wildman–Crippen LogP) is -0.113. The molecule has 1 rings (SSSR count). The summed E-state index contributed by atoms with van der Waals surface area (Å²) in [5, 5.41) is 26.2. The zero-order valence-corrected chi connectivity index (χ0v) is 18.2. The maximum absolute atomic E-state index is 12.8. The minimum absolute atomic E-state index is 0.0592. The highest BCUT2D eigenvalue weighted by atomic mass is 16.4. The Morgan fingerprint density at radius 1 is 0.935 bits per heavy atom. The number of carbonyl (C=O) groups excluding carboxylic acids is 3. The molecule has 1 aromatic rings. The van der Waals surface area contributed by atoms with E-state index in [9.17, 15) is 29.4 Å². The van der Waals surface area contributed by atoms with E-state index in [-0.39, 0.29) is 18.1 Å². The third-order valence-electron chi connectivity index (χ3n) is 4.95. The molecule has 10 nitrogen and oxygen atoms in total. The van der Waals surface area contributed by atoms with Crippen molar-refractivity contribution >= 4 is 23.7 Å². The highest BCUT2D eigenvalue weighted by molar-refractivity contribution is 5.94. The Kier molecular flexibility index (Phi) is 9.94. The Bertz CT molecular complexity index is 781. The summed E-state index contributed by atoms with van der Waals surface area (Å²) in [7, 11) is 0. The standard InChI is InChI=1S/C21H32N4O6/c1-5-11(2)17(21(30)31)25-19(28)13(4)23-20(29)16(24-18(27)12(3)22)10-14-6-8-15(26)9-7-14/h6-9,11-13,16-17,26H,5,10,22H2,1-4H3,(H,23,29)(H,24,27)(H,25,28)(H,30,31). The topological polar surface area (TPSA) is 171 Å². The van der Waals surface area contributed by atoms with Gasteiger partial charge in [-0.3, -0.25) is 14.4 Å². The first kappa shape index (κ1) is 25.9. The molecule has 172 valence electrons. The van der Waals surface area contributed by atoms with Gasteiger partial charge in [0.2, 0.25) is 17.7 Å². The molecule has 0 aromatic heterocycles. The second-order valence-corrected chi connectivity index (χ2v) is 7.66. The van der Waals surface area contributed by atoms with Gasteiger partial charge in [-0.1, -0.05) is 32.4 Å². The molecular weight excluding hydrogens is 404 g/mol. The number of benzene rings is 1. The summed E-state index contributed by atoms with van der Waals surface area (Å²) in [6, 6.07) is 2.13. The van der Waals surface area contributed by atoms with Gasteiger partial charge in [-0.2, -0.15) is 0 Å². The summed E-state index contributed by atoms with van der Waals surface area (Å²) in [6.07, 6.45) is 0.652. The number of rotatable bonds is 11. The van der Waals surface area contributed by atoms with Gasteiger partial charge < -0.3 is 31.9 Å². The van der Waals surface area contributed by atoms with Crippen molar-refractivity contribution in [3.05, 3.63) is 29.8 Å². The van der Waals surface area contributed by atoms with Crippen LogP contribution in [0.4, 0.5) is 0 Å². The van der Waals surface area contributed by atoms with Crippen LogP contribution in [0.15, 0.2) is 24.3 Å². The summed E-state index contributed by atoms with van der Waals surface area (Å²) >= 11 is 0. The highest BCUT2D eigenvalue weighted by Crippen LogP contribution is 2.12. The molecule has 0 radical (unpaired) electrons. The Labute approximate surface area is 181 Å². The van der Waals surface area contributed by atoms with Crippen molar-refractivity contribution in [2.75, 3.05) is 0 Å². The SMILES string of the molecule is CCC(C)C(NC(=O)C(C)NC(=O)C(Cc1ccc(O)cc1)NC(=O)C(C)N)C(=O)O. The van der Waals surface area contributed by atoms with Gasteiger partial charge in [0.05, 0.1) is 6.04 Å². The van der Waals surface area contributed by atoms with Crippen LogP contribution >= 0.6 is 0 Å². The van der Waals surface area contributed by atoms with Gasteiger partial charge >= 0.3 is 5.97 Å². The highest BCUT2D eigenvalue weighted by Gasteiger charge is 2.29. The summed E-state index contributed by atoms with van der Waals surface area (Å²) < 4.78 is 0. The average Bonchev–Trinajstić information content (AvgIpc) is 2.71. The van der Waals surface area contributed by atoms with Crippen molar-refractivity contribution in [1.29, 1.82) is 0 Å². The number of hydrogen-bond acceptors (Lipinski definition) is 6. The maximum Gasteiger partial charge on any atom is 0.326 e. The number of nitrogens with two attached hydrogens (primary N) is 1. The number of carboxylic acids is 1. The van der Waals surface area contributed by atoms with E-state index in [2.05, 4.69) is 16.0 Å². The first-order valence-electron chi connectivity index (χ1n) is 10.1. The molecule has 31 heavy (non-hydrogen) atoms. The normalized spacial score (nSPS) is 15.6. The molecule has 0 aliphatic carbocycles. The number of hydrogen-bond donors (Lipinski definition) is 6. The zero-order chi connectivity index (χ0) is 23.7. The molecule has 3 amide bonds. The van der Waals surface area contributed by atoms with Gasteiger partial charge in [-0.15, -0.1) is 0 Å². The van der Waals surface area contributed by atoms with Gasteiger partial charge in [0.1, 0.15) is 23.9 Å². The lowest BCUT2D eigenvalue weighted by atomic mass is 9.99. The molecule has 0 saturated carbocycles. The molecule has 0 bridgehead atoms. The second kappa shape index (κ2) is 11.9. The molecule has 0 aliphatic rings. The van der Waals surface area contributed by atoms with E-state index < -0.39 is 47.9 Å². The van der Waals surface area contributed by atoms with Crippen LogP contribution in [0.25, 0.3) is 0 Å². The van der Waals surface area contributed by atoms with Crippen LogP contribution in [0, 0.1) is 5.92 Å². The summed E-state index contributed by atoms with van der Waals surface area (Å²) in [5.41, 5.74) is 6.24. The van der Waals surface area contributed by atoms with E-state index in [4.69, 9.17) is 5.73 Å². The fourth-order valence-corrected chi connectivity index (χ4v) is 2.72. The number of phenols is 1. The number of aliphatic carboxylic acids is 1. The van der Waals surface area contributed by atoms with Crippen molar-refractivity contribution in [1.82, 2.24) is 16.0 Å². The van der Waals surface area contributed by atoms with E-state index in [0.717, 1.165) is 0 Å². The smallest absolute Gasteiger partial charge is 0.326 e. The fourth-order valence-electron chi connectivity index (χ4n) is 2.72. The quantitative estimate of drug-likeness (QED) is 0.281. The minimum Gasteiger partial charge on any atom is -0.508 e. The minimum atomic E-state index is -1.16. The van der Waals surface area contributed by atoms with E-state index in [1.54, 1.807) is 19.1 Å². The summed E-state index contributed by atoms with van der Waals surface area (Å²) in [4.78, 5) is 48.7. The molecule has 10 heteroatoms. The van der Waals surface area contributed by atoms with Crippen LogP contribution in [0.3, 0.4) is 0 Å². The third kappa shape index (κ3) is 8.25. The average molecular weight is 437 g/mol. The van der Waals surface area contributed by atoms with Crippen molar-refractivity contribution in [2.45, 2.75) is 64.7 Å². The molecule has 5 atom stereocenters. The number of carboxylic acid groups (broad SMARTS) is 1. The number of nitrogens with one attached hydrogen (secondary N) is 3. The fraction of sp³-hybridized carbons (Fsp3) is 0.524. The van der Waals surface area contributed by atoms with Crippen LogP contribution < -0.4 is 21.7 Å². The summed E-state index contributed by atoms with van der Waals surface area (Å²) in [6.45, 7) is 6.42. The molecule has 0 spiro atoms. The van der Waals surface area contributed by atoms with Gasteiger partial charge in [0, 0.05) is 6.42 Å². The largest absolute Gasteiger partial charge is 0.508 e. The molecule has 7 N–H and O–H groups in total. The lowest BCUT2D eigenvalue weighted by Gasteiger charge is -2.24. The van der Waals surface area contributed by atoms with Gasteiger partial charge in [-0.05, 0) is 37.5 Å². The molecule has 0 aliphatic heterocycles. The van der Waals surface area contributed by atoms with E-state index in [0.29, 0.717) is 12.0 Å². The van der Waals surface area contributed by atoms with Crippen LogP contribution in [0.1, 0.15) is 39.7 Å². The number of phenolic OH excluding ortho intramolecular Hbond substituents is 1. The lowest BCUT2D eigenvalue weighted by molar-refractivity contribution is -0.143. The Balaban J connectivity index is 2.89. The van der Waals surface area contributed by atoms with E-state index in [1.165, 1.54) is 26.0 Å². The van der Waals surface area contributed by atoms with E-state index in [1.807, 2.05) is 6.92 Å². The number of carbonyl (C=O) groups is 4. The monoisotopic (exact) mass is 436 g/mol. The van der Waals surface area contributed by atoms with Crippen molar-refractivity contribution in [2.24, 2.45) is 11.7 Å². The molecule has 0 saturated heterocycles. The summed E-state index contributed by atoms with van der Waals surface area (Å²) in [5.74, 6) is -3.21. The van der Waals surface area contributed by atoms with Crippen molar-refractivity contribution in [3.63, 3.8) is 0 Å². The first-order valence-corrected chi connectivity index (χ1v) is 10.1. The number of aromatic hydroxyl groups is 1. The molecule has 0 heterocycles. The Hall–Kier alpha value is -3.14. The zero-order valence-electron chi connectivity index (χ0n) is 18.2. The second-order valence-electron chi connectivity index (χ2n) is 7.66. The van der Waals surface area contributed by atoms with Crippen LogP contribution in [-0.4, -0.2) is 58.1 Å². The molecule has 1 aromatic carbocycles. The number of amides is 3. The van der Waals surface area contributed by atoms with Crippen molar-refractivity contribution < 1.29 is 29.4 Å². The van der Waals surface area contributed by atoms with Gasteiger partial charge in [0.15, 0.2) is 0 Å².